The third-order valence-corrected chi connectivity index (χ3v) is 6.79. The Kier molecular flexibility index (Phi) is 7.71. The Hall–Kier alpha value is -4.81. The van der Waals surface area contributed by atoms with E-state index < -0.39 is 0 Å². The highest BCUT2D eigenvalue weighted by Gasteiger charge is 2.29. The van der Waals surface area contributed by atoms with Crippen LogP contribution in [0.15, 0.2) is 60.7 Å². The molecule has 2 aliphatic rings. The summed E-state index contributed by atoms with van der Waals surface area (Å²) in [4.78, 5) is 29.5. The van der Waals surface area contributed by atoms with Crippen LogP contribution in [-0.4, -0.2) is 57.1 Å². The first-order chi connectivity index (χ1) is 19.3. The van der Waals surface area contributed by atoms with Gasteiger partial charge in [-0.1, -0.05) is 6.07 Å². The summed E-state index contributed by atoms with van der Waals surface area (Å²) in [5.41, 5.74) is 5.07. The van der Waals surface area contributed by atoms with Gasteiger partial charge >= 0.3 is 0 Å². The van der Waals surface area contributed by atoms with Crippen molar-refractivity contribution in [2.45, 2.75) is 13.3 Å². The van der Waals surface area contributed by atoms with Crippen molar-refractivity contribution >= 4 is 40.1 Å². The first-order valence-electron chi connectivity index (χ1n) is 13.1. The molecule has 0 spiro atoms. The molecule has 0 bridgehead atoms. The van der Waals surface area contributed by atoms with Crippen molar-refractivity contribution in [2.75, 3.05) is 55.9 Å². The van der Waals surface area contributed by atoms with Gasteiger partial charge in [0.1, 0.15) is 13.2 Å². The predicted octanol–water partition coefficient (Wildman–Crippen LogP) is 4.57. The van der Waals surface area contributed by atoms with Crippen LogP contribution in [0.3, 0.4) is 0 Å². The highest BCUT2D eigenvalue weighted by molar-refractivity contribution is 6.37. The van der Waals surface area contributed by atoms with Gasteiger partial charge in [0, 0.05) is 36.0 Å². The van der Waals surface area contributed by atoms with Crippen molar-refractivity contribution in [1.29, 1.82) is 5.26 Å². The molecule has 3 aromatic carbocycles. The fraction of sp³-hybridized carbons (Fsp3) is 0.258. The number of rotatable bonds is 8. The van der Waals surface area contributed by atoms with Crippen LogP contribution in [0, 0.1) is 11.3 Å². The summed E-state index contributed by atoms with van der Waals surface area (Å²) in [6.45, 7) is 4.00. The van der Waals surface area contributed by atoms with Gasteiger partial charge in [-0.05, 0) is 81.7 Å². The molecule has 2 N–H and O–H groups in total. The maximum absolute atomic E-state index is 13.3. The summed E-state index contributed by atoms with van der Waals surface area (Å²) >= 11 is 0. The normalized spacial score (nSPS) is 14.7. The molecule has 0 saturated carbocycles. The number of hydrogen-bond donors (Lipinski definition) is 2. The van der Waals surface area contributed by atoms with Gasteiger partial charge in [0.05, 0.1) is 28.6 Å². The smallest absolute Gasteiger partial charge is 0.258 e. The molecular formula is C31H31N5O4. The number of carbonyl (C=O) groups excluding carboxylic acids is 2. The van der Waals surface area contributed by atoms with Crippen LogP contribution < -0.4 is 25.0 Å². The van der Waals surface area contributed by atoms with Crippen molar-refractivity contribution in [2.24, 2.45) is 0 Å². The summed E-state index contributed by atoms with van der Waals surface area (Å²) in [6, 6.07) is 20.4. The summed E-state index contributed by atoms with van der Waals surface area (Å²) < 4.78 is 11.5. The van der Waals surface area contributed by atoms with E-state index in [4.69, 9.17) is 9.47 Å². The Morgan fingerprint density at radius 3 is 2.45 bits per heavy atom. The lowest BCUT2D eigenvalue weighted by molar-refractivity contribution is -0.116. The van der Waals surface area contributed by atoms with Crippen molar-refractivity contribution < 1.29 is 19.1 Å². The van der Waals surface area contributed by atoms with E-state index in [9.17, 15) is 14.9 Å². The van der Waals surface area contributed by atoms with Gasteiger partial charge in [-0.25, -0.2) is 0 Å². The second-order valence-corrected chi connectivity index (χ2v) is 9.93. The van der Waals surface area contributed by atoms with Crippen LogP contribution in [-0.2, 0) is 9.59 Å². The molecule has 2 amide bonds. The minimum Gasteiger partial charge on any atom is -0.486 e. The summed E-state index contributed by atoms with van der Waals surface area (Å²) in [7, 11) is 4.02. The van der Waals surface area contributed by atoms with Crippen LogP contribution in [0.5, 0.6) is 11.5 Å². The summed E-state index contributed by atoms with van der Waals surface area (Å²) in [5.74, 6) is 0.960. The second kappa shape index (κ2) is 11.5. The molecule has 204 valence electrons. The quantitative estimate of drug-likeness (QED) is 0.406. The molecule has 9 heteroatoms. The monoisotopic (exact) mass is 537 g/mol. The average molecular weight is 538 g/mol. The number of fused-ring (bicyclic) bond motifs is 2. The zero-order valence-electron chi connectivity index (χ0n) is 22.8. The first-order valence-corrected chi connectivity index (χ1v) is 13.1. The van der Waals surface area contributed by atoms with Crippen LogP contribution in [0.25, 0.3) is 11.3 Å². The number of ether oxygens (including phenoxy) is 2. The topological polar surface area (TPSA) is 107 Å². The molecule has 40 heavy (non-hydrogen) atoms. The van der Waals surface area contributed by atoms with Crippen LogP contribution >= 0.6 is 0 Å². The molecule has 5 rings (SSSR count). The van der Waals surface area contributed by atoms with Gasteiger partial charge < -0.3 is 29.9 Å². The molecule has 0 aliphatic carbocycles. The van der Waals surface area contributed by atoms with Crippen molar-refractivity contribution in [3.63, 3.8) is 0 Å². The largest absolute Gasteiger partial charge is 0.486 e. The van der Waals surface area contributed by atoms with Crippen LogP contribution in [0.1, 0.15) is 30.0 Å². The number of amides is 2. The zero-order chi connectivity index (χ0) is 28.2. The lowest BCUT2D eigenvalue weighted by Gasteiger charge is -2.23. The van der Waals surface area contributed by atoms with Crippen molar-refractivity contribution in [3.05, 3.63) is 77.4 Å². The zero-order valence-corrected chi connectivity index (χ0v) is 22.8. The minimum absolute atomic E-state index is 0.0190. The maximum Gasteiger partial charge on any atom is 0.258 e. The highest BCUT2D eigenvalue weighted by atomic mass is 16.6. The van der Waals surface area contributed by atoms with Gasteiger partial charge in [0.2, 0.25) is 5.91 Å². The average Bonchev–Trinajstić information content (AvgIpc) is 3.28. The molecule has 0 radical (unpaired) electrons. The molecule has 2 heterocycles. The molecule has 3 aromatic rings. The van der Waals surface area contributed by atoms with Gasteiger partial charge in [-0.3, -0.25) is 9.59 Å². The van der Waals surface area contributed by atoms with E-state index in [-0.39, 0.29) is 11.8 Å². The Labute approximate surface area is 233 Å². The number of carbonyl (C=O) groups is 2. The van der Waals surface area contributed by atoms with E-state index in [2.05, 4.69) is 21.6 Å². The third-order valence-electron chi connectivity index (χ3n) is 6.79. The van der Waals surface area contributed by atoms with Gasteiger partial charge in [-0.15, -0.1) is 0 Å². The van der Waals surface area contributed by atoms with E-state index >= 15 is 0 Å². The molecule has 9 nitrogen and oxygen atoms in total. The molecule has 0 saturated heterocycles. The SMILES string of the molecule is CC(=O)N(CCCN(C)C)c1ccc(N/C(=C2\C(=O)Nc3cc(C#N)ccc32)c2ccc3c(c2)OCCO3)cc1. The fourth-order valence-corrected chi connectivity index (χ4v) is 4.85. The molecule has 0 unspecified atom stereocenters. The van der Waals surface area contributed by atoms with Gasteiger partial charge in [0.15, 0.2) is 11.5 Å². The Morgan fingerprint density at radius 2 is 1.75 bits per heavy atom. The van der Waals surface area contributed by atoms with Crippen LogP contribution in [0.4, 0.5) is 17.1 Å². The van der Waals surface area contributed by atoms with E-state index in [1.807, 2.05) is 56.6 Å². The predicted molar refractivity (Wildman–Crippen MR) is 155 cm³/mol. The highest BCUT2D eigenvalue weighted by Crippen LogP contribution is 2.40. The Morgan fingerprint density at radius 1 is 1.00 bits per heavy atom. The Bertz CT molecular complexity index is 1520. The van der Waals surface area contributed by atoms with E-state index in [1.54, 1.807) is 30.0 Å². The number of hydrogen-bond acceptors (Lipinski definition) is 7. The molecule has 0 aromatic heterocycles. The van der Waals surface area contributed by atoms with Gasteiger partial charge in [-0.2, -0.15) is 5.26 Å². The lowest BCUT2D eigenvalue weighted by Crippen LogP contribution is -2.31. The van der Waals surface area contributed by atoms with Crippen LogP contribution in [0.2, 0.25) is 0 Å². The van der Waals surface area contributed by atoms with Crippen molar-refractivity contribution in [1.82, 2.24) is 4.90 Å². The molecule has 2 aliphatic heterocycles. The molecule has 0 atom stereocenters. The van der Waals surface area contributed by atoms with E-state index in [0.717, 1.165) is 29.9 Å². The van der Waals surface area contributed by atoms with Crippen molar-refractivity contribution in [3.8, 4) is 17.6 Å². The molecular weight excluding hydrogens is 506 g/mol. The van der Waals surface area contributed by atoms with E-state index in [1.165, 1.54) is 0 Å². The first kappa shape index (κ1) is 26.8. The lowest BCUT2D eigenvalue weighted by atomic mass is 9.98. The number of nitriles is 1. The van der Waals surface area contributed by atoms with E-state index in [0.29, 0.717) is 59.3 Å². The standard InChI is InChI=1S/C31H31N5O4/c1-20(37)36(14-4-13-35(2)3)24-9-7-23(8-10-24)33-30(22-6-12-27-28(18-22)40-16-15-39-27)29-25-11-5-21(19-32)17-26(25)34-31(29)38/h5-12,17-18,33H,4,13-16H2,1-3H3,(H,34,38)/b30-29-. The molecule has 0 fully saturated rings. The minimum atomic E-state index is -0.275. The fourth-order valence-electron chi connectivity index (χ4n) is 4.85. The maximum atomic E-state index is 13.3. The Balaban J connectivity index is 1.52. The number of anilines is 3. The number of benzene rings is 3. The number of nitrogens with zero attached hydrogens (tertiary/aromatic N) is 3. The summed E-state index contributed by atoms with van der Waals surface area (Å²) in [5, 5.41) is 15.7. The second-order valence-electron chi connectivity index (χ2n) is 9.93. The summed E-state index contributed by atoms with van der Waals surface area (Å²) in [6.07, 6.45) is 0.856. The third kappa shape index (κ3) is 5.63. The number of nitrogens with one attached hydrogen (secondary N) is 2. The van der Waals surface area contributed by atoms with Gasteiger partial charge in [0.25, 0.3) is 5.91 Å².